The quantitative estimate of drug-likeness (QED) is 0.843. The number of piperazine rings is 1. The number of amides is 1. The van der Waals surface area contributed by atoms with Gasteiger partial charge in [-0.05, 0) is 36.9 Å². The minimum Gasteiger partial charge on any atom is -0.493 e. The average Bonchev–Trinajstić information content (AvgIpc) is 2.67. The highest BCUT2D eigenvalue weighted by molar-refractivity contribution is 5.94. The minimum atomic E-state index is -0.487. The summed E-state index contributed by atoms with van der Waals surface area (Å²) in [4.78, 5) is 16.6. The second-order valence-corrected chi connectivity index (χ2v) is 6.34. The molecule has 138 valence electrons. The molecule has 1 aliphatic heterocycles. The normalized spacial score (nSPS) is 17.8. The fourth-order valence-electron chi connectivity index (χ4n) is 3.28. The lowest BCUT2D eigenvalue weighted by molar-refractivity contribution is 0.0541. The van der Waals surface area contributed by atoms with E-state index in [1.165, 1.54) is 12.1 Å². The van der Waals surface area contributed by atoms with Gasteiger partial charge in [-0.3, -0.25) is 9.69 Å². The van der Waals surface area contributed by atoms with Crippen molar-refractivity contribution in [1.82, 2.24) is 9.80 Å². The number of carbonyl (C=O) groups is 1. The summed E-state index contributed by atoms with van der Waals surface area (Å²) in [5.41, 5.74) is 1.14. The first kappa shape index (κ1) is 18.2. The molecule has 0 radical (unpaired) electrons. The Balaban J connectivity index is 1.85. The number of methoxy groups -OCH3 is 2. The van der Waals surface area contributed by atoms with Crippen LogP contribution in [0.3, 0.4) is 0 Å². The molecule has 3 rings (SSSR count). The summed E-state index contributed by atoms with van der Waals surface area (Å²) in [5.74, 6) is 0.547. The zero-order chi connectivity index (χ0) is 18.7. The molecule has 1 atom stereocenters. The van der Waals surface area contributed by atoms with Crippen molar-refractivity contribution in [2.45, 2.75) is 6.04 Å². The molecule has 5 nitrogen and oxygen atoms in total. The molecule has 0 spiro atoms. The van der Waals surface area contributed by atoms with Gasteiger partial charge in [0, 0.05) is 19.6 Å². The van der Waals surface area contributed by atoms with E-state index in [2.05, 4.69) is 4.90 Å². The Kier molecular flexibility index (Phi) is 5.42. The van der Waals surface area contributed by atoms with Gasteiger partial charge in [-0.15, -0.1) is 0 Å². The second kappa shape index (κ2) is 7.74. The zero-order valence-corrected chi connectivity index (χ0v) is 15.2. The maximum atomic E-state index is 14.0. The Hall–Kier alpha value is -2.60. The number of likely N-dealkylation sites (N-methyl/N-ethyl adjacent to an activating group) is 1. The number of nitrogens with zero attached hydrogens (tertiary/aromatic N) is 2. The molecule has 0 saturated carbocycles. The van der Waals surface area contributed by atoms with Crippen LogP contribution >= 0.6 is 0 Å². The van der Waals surface area contributed by atoms with Crippen LogP contribution in [0.1, 0.15) is 22.0 Å². The van der Waals surface area contributed by atoms with Crippen LogP contribution in [-0.4, -0.2) is 56.6 Å². The van der Waals surface area contributed by atoms with Crippen molar-refractivity contribution in [2.75, 3.05) is 40.9 Å². The predicted molar refractivity (Wildman–Crippen MR) is 97.2 cm³/mol. The van der Waals surface area contributed by atoms with Crippen molar-refractivity contribution in [2.24, 2.45) is 0 Å². The van der Waals surface area contributed by atoms with Crippen LogP contribution in [0.25, 0.3) is 0 Å². The number of benzene rings is 2. The van der Waals surface area contributed by atoms with Gasteiger partial charge in [-0.25, -0.2) is 4.39 Å². The maximum absolute atomic E-state index is 14.0. The lowest BCUT2D eigenvalue weighted by atomic mass is 10.0. The third kappa shape index (κ3) is 3.51. The van der Waals surface area contributed by atoms with Crippen LogP contribution in [0.15, 0.2) is 42.5 Å². The highest BCUT2D eigenvalue weighted by atomic mass is 19.1. The van der Waals surface area contributed by atoms with Crippen LogP contribution in [-0.2, 0) is 0 Å². The number of hydrogen-bond acceptors (Lipinski definition) is 4. The van der Waals surface area contributed by atoms with Gasteiger partial charge in [0.1, 0.15) is 5.82 Å². The molecule has 1 fully saturated rings. The Morgan fingerprint density at radius 3 is 2.50 bits per heavy atom. The van der Waals surface area contributed by atoms with E-state index in [1.807, 2.05) is 25.2 Å². The van der Waals surface area contributed by atoms with Crippen LogP contribution < -0.4 is 9.47 Å². The van der Waals surface area contributed by atoms with E-state index in [1.54, 1.807) is 31.3 Å². The predicted octanol–water partition coefficient (Wildman–Crippen LogP) is 2.97. The maximum Gasteiger partial charge on any atom is 0.256 e. The van der Waals surface area contributed by atoms with Crippen LogP contribution in [0.2, 0.25) is 0 Å². The monoisotopic (exact) mass is 358 g/mol. The summed E-state index contributed by atoms with van der Waals surface area (Å²) in [6.45, 7) is 1.76. The molecular formula is C20H23FN2O3. The van der Waals surface area contributed by atoms with Crippen LogP contribution in [0.5, 0.6) is 11.5 Å². The molecule has 26 heavy (non-hydrogen) atoms. The molecule has 0 aromatic heterocycles. The summed E-state index contributed by atoms with van der Waals surface area (Å²) < 4.78 is 24.7. The highest BCUT2D eigenvalue weighted by Crippen LogP contribution is 2.33. The topological polar surface area (TPSA) is 42.0 Å². The molecule has 2 aromatic carbocycles. The fourth-order valence-corrected chi connectivity index (χ4v) is 3.28. The second-order valence-electron chi connectivity index (χ2n) is 6.34. The Morgan fingerprint density at radius 2 is 1.81 bits per heavy atom. The average molecular weight is 358 g/mol. The van der Waals surface area contributed by atoms with Gasteiger partial charge in [0.25, 0.3) is 5.91 Å². The van der Waals surface area contributed by atoms with E-state index in [-0.39, 0.29) is 17.5 Å². The Bertz CT molecular complexity index is 796. The minimum absolute atomic E-state index is 0.000667. The van der Waals surface area contributed by atoms with E-state index in [0.717, 1.165) is 5.56 Å². The Labute approximate surface area is 152 Å². The van der Waals surface area contributed by atoms with Gasteiger partial charge < -0.3 is 14.4 Å². The molecule has 1 heterocycles. The van der Waals surface area contributed by atoms with E-state index in [0.29, 0.717) is 31.1 Å². The summed E-state index contributed by atoms with van der Waals surface area (Å²) in [5, 5.41) is 0. The largest absolute Gasteiger partial charge is 0.493 e. The molecule has 1 amide bonds. The SMILES string of the molecule is COc1ccc(C2CN(C(=O)c3ccccc3F)CCN2C)cc1OC. The van der Waals surface area contributed by atoms with Crippen molar-refractivity contribution in [3.8, 4) is 11.5 Å². The van der Waals surface area contributed by atoms with Gasteiger partial charge >= 0.3 is 0 Å². The summed E-state index contributed by atoms with van der Waals surface area (Å²) in [6.07, 6.45) is 0. The number of hydrogen-bond donors (Lipinski definition) is 0. The smallest absolute Gasteiger partial charge is 0.256 e. The molecule has 0 aliphatic carbocycles. The van der Waals surface area contributed by atoms with E-state index >= 15 is 0 Å². The lowest BCUT2D eigenvalue weighted by Crippen LogP contribution is -2.49. The molecule has 6 heteroatoms. The summed E-state index contributed by atoms with van der Waals surface area (Å²) in [6, 6.07) is 11.9. The summed E-state index contributed by atoms with van der Waals surface area (Å²) >= 11 is 0. The zero-order valence-electron chi connectivity index (χ0n) is 15.2. The highest BCUT2D eigenvalue weighted by Gasteiger charge is 2.30. The van der Waals surface area contributed by atoms with Crippen molar-refractivity contribution >= 4 is 5.91 Å². The molecule has 0 bridgehead atoms. The van der Waals surface area contributed by atoms with Crippen molar-refractivity contribution in [3.05, 3.63) is 59.4 Å². The first-order valence-corrected chi connectivity index (χ1v) is 8.51. The van der Waals surface area contributed by atoms with Crippen LogP contribution in [0.4, 0.5) is 4.39 Å². The molecule has 2 aromatic rings. The molecular weight excluding hydrogens is 335 g/mol. The van der Waals surface area contributed by atoms with Crippen molar-refractivity contribution in [1.29, 1.82) is 0 Å². The first-order valence-electron chi connectivity index (χ1n) is 8.51. The van der Waals surface area contributed by atoms with Crippen molar-refractivity contribution in [3.63, 3.8) is 0 Å². The lowest BCUT2D eigenvalue weighted by Gasteiger charge is -2.40. The van der Waals surface area contributed by atoms with Gasteiger partial charge in [0.2, 0.25) is 0 Å². The van der Waals surface area contributed by atoms with Gasteiger partial charge in [-0.1, -0.05) is 18.2 Å². The van der Waals surface area contributed by atoms with Gasteiger partial charge in [0.05, 0.1) is 25.8 Å². The van der Waals surface area contributed by atoms with Gasteiger partial charge in [0.15, 0.2) is 11.5 Å². The number of halogens is 1. The van der Waals surface area contributed by atoms with Crippen LogP contribution in [0, 0.1) is 5.82 Å². The van der Waals surface area contributed by atoms with E-state index < -0.39 is 5.82 Å². The van der Waals surface area contributed by atoms with E-state index in [4.69, 9.17) is 9.47 Å². The molecule has 1 saturated heterocycles. The number of ether oxygens (including phenoxy) is 2. The molecule has 1 unspecified atom stereocenters. The third-order valence-electron chi connectivity index (χ3n) is 4.83. The third-order valence-corrected chi connectivity index (χ3v) is 4.83. The van der Waals surface area contributed by atoms with E-state index in [9.17, 15) is 9.18 Å². The van der Waals surface area contributed by atoms with Crippen molar-refractivity contribution < 1.29 is 18.7 Å². The standard InChI is InChI=1S/C20H23FN2O3/c1-22-10-11-23(20(24)15-6-4-5-7-16(15)21)13-17(22)14-8-9-18(25-2)19(12-14)26-3/h4-9,12,17H,10-11,13H2,1-3H3. The molecule has 1 aliphatic rings. The first-order chi connectivity index (χ1) is 12.5. The Morgan fingerprint density at radius 1 is 1.08 bits per heavy atom. The number of carbonyl (C=O) groups excluding carboxylic acids is 1. The molecule has 0 N–H and O–H groups in total. The summed E-state index contributed by atoms with van der Waals surface area (Å²) in [7, 11) is 5.21. The number of rotatable bonds is 4. The fraction of sp³-hybridized carbons (Fsp3) is 0.350. The van der Waals surface area contributed by atoms with Gasteiger partial charge in [-0.2, -0.15) is 0 Å².